The maximum atomic E-state index is 9.22. The van der Waals surface area contributed by atoms with Gasteiger partial charge in [0, 0.05) is 24.2 Å². The van der Waals surface area contributed by atoms with Gasteiger partial charge in [-0.25, -0.2) is 0 Å². The smallest absolute Gasteiger partial charge is 0.205 e. The molecule has 0 saturated carbocycles. The molecule has 4 nitrogen and oxygen atoms in total. The minimum absolute atomic E-state index is 0.0660. The summed E-state index contributed by atoms with van der Waals surface area (Å²) in [4.78, 5) is 4.22. The molecule has 0 radical (unpaired) electrons. The van der Waals surface area contributed by atoms with E-state index >= 15 is 0 Å². The van der Waals surface area contributed by atoms with E-state index in [4.69, 9.17) is 10.00 Å². The van der Waals surface area contributed by atoms with E-state index in [0.717, 1.165) is 54.9 Å². The highest BCUT2D eigenvalue weighted by Crippen LogP contribution is 2.45. The summed E-state index contributed by atoms with van der Waals surface area (Å²) in [6, 6.07) is 16.1. The van der Waals surface area contributed by atoms with Crippen LogP contribution in [0.15, 0.2) is 47.5 Å². The highest BCUT2D eigenvalue weighted by Gasteiger charge is 2.44. The third-order valence-corrected chi connectivity index (χ3v) is 5.33. The number of nitriles is 2. The van der Waals surface area contributed by atoms with Gasteiger partial charge in [-0.05, 0) is 54.2 Å². The second kappa shape index (κ2) is 6.16. The Morgan fingerprint density at radius 3 is 2.56 bits per heavy atom. The van der Waals surface area contributed by atoms with Crippen LogP contribution < -0.4 is 0 Å². The standard InChI is InChI=1S/C21H17N3O/c22-13-15-2-1-3-16(10-15)17-4-5-18-12-21(6-8-25-9-7-21)20(24-14-23)19(18)11-17/h1-5,10-11H,6-9,12H2/b24-20+. The third kappa shape index (κ3) is 2.61. The molecule has 2 aliphatic rings. The van der Waals surface area contributed by atoms with E-state index in [2.05, 4.69) is 29.3 Å². The van der Waals surface area contributed by atoms with Crippen LogP contribution in [0, 0.1) is 28.2 Å². The van der Waals surface area contributed by atoms with Gasteiger partial charge in [0.05, 0.1) is 17.3 Å². The molecule has 1 saturated heterocycles. The van der Waals surface area contributed by atoms with Crippen LogP contribution in [0.3, 0.4) is 0 Å². The second-order valence-corrected chi connectivity index (χ2v) is 6.69. The van der Waals surface area contributed by atoms with Crippen LogP contribution in [0.5, 0.6) is 0 Å². The van der Waals surface area contributed by atoms with Gasteiger partial charge in [0.2, 0.25) is 6.19 Å². The molecule has 2 aromatic rings. The number of rotatable bonds is 1. The maximum absolute atomic E-state index is 9.22. The fourth-order valence-electron chi connectivity index (χ4n) is 4.04. The van der Waals surface area contributed by atoms with Crippen molar-refractivity contribution in [1.29, 1.82) is 10.5 Å². The average Bonchev–Trinajstić information content (AvgIpc) is 2.95. The Hall–Kier alpha value is -2.95. The van der Waals surface area contributed by atoms with E-state index in [9.17, 15) is 5.26 Å². The van der Waals surface area contributed by atoms with E-state index in [1.165, 1.54) is 5.56 Å². The number of hydrogen-bond acceptors (Lipinski definition) is 4. The molecule has 1 heterocycles. The van der Waals surface area contributed by atoms with Gasteiger partial charge in [-0.3, -0.25) is 0 Å². The molecule has 122 valence electrons. The van der Waals surface area contributed by atoms with E-state index in [1.54, 1.807) is 6.07 Å². The zero-order valence-electron chi connectivity index (χ0n) is 13.8. The van der Waals surface area contributed by atoms with Gasteiger partial charge in [0.15, 0.2) is 0 Å². The lowest BCUT2D eigenvalue weighted by molar-refractivity contribution is 0.0477. The summed E-state index contributed by atoms with van der Waals surface area (Å²) >= 11 is 0. The van der Waals surface area contributed by atoms with Crippen molar-refractivity contribution in [3.8, 4) is 23.4 Å². The van der Waals surface area contributed by atoms with Crippen molar-refractivity contribution in [3.63, 3.8) is 0 Å². The molecule has 1 fully saturated rings. The van der Waals surface area contributed by atoms with Crippen molar-refractivity contribution in [2.24, 2.45) is 10.4 Å². The average molecular weight is 327 g/mol. The first-order chi connectivity index (χ1) is 12.3. The zero-order valence-corrected chi connectivity index (χ0v) is 13.8. The second-order valence-electron chi connectivity index (χ2n) is 6.69. The number of nitrogens with zero attached hydrogens (tertiary/aromatic N) is 3. The van der Waals surface area contributed by atoms with Crippen LogP contribution in [0.4, 0.5) is 0 Å². The number of benzene rings is 2. The van der Waals surface area contributed by atoms with Crippen molar-refractivity contribution in [2.45, 2.75) is 19.3 Å². The third-order valence-electron chi connectivity index (χ3n) is 5.33. The fraction of sp³-hybridized carbons (Fsp3) is 0.286. The van der Waals surface area contributed by atoms with E-state index in [1.807, 2.05) is 24.4 Å². The summed E-state index contributed by atoms with van der Waals surface area (Å²) in [7, 11) is 0. The van der Waals surface area contributed by atoms with Gasteiger partial charge in [0.25, 0.3) is 0 Å². The van der Waals surface area contributed by atoms with Gasteiger partial charge in [-0.1, -0.05) is 24.3 Å². The number of aliphatic imine (C=N–C) groups is 1. The van der Waals surface area contributed by atoms with Crippen LogP contribution >= 0.6 is 0 Å². The zero-order chi connectivity index (χ0) is 17.3. The lowest BCUT2D eigenvalue weighted by Gasteiger charge is -2.33. The predicted molar refractivity (Wildman–Crippen MR) is 94.9 cm³/mol. The SMILES string of the molecule is N#C/N=C1\c2cc(-c3cccc(C#N)c3)ccc2CC12CCOCC2. The molecule has 0 bridgehead atoms. The molecule has 0 aromatic heterocycles. The van der Waals surface area contributed by atoms with Crippen molar-refractivity contribution >= 4 is 5.71 Å². The van der Waals surface area contributed by atoms with Crippen LogP contribution in [-0.4, -0.2) is 18.9 Å². The Morgan fingerprint density at radius 1 is 1.00 bits per heavy atom. The number of ether oxygens (including phenoxy) is 1. The molecule has 1 aliphatic carbocycles. The lowest BCUT2D eigenvalue weighted by Crippen LogP contribution is -2.35. The molecule has 0 atom stereocenters. The first-order valence-electron chi connectivity index (χ1n) is 8.45. The van der Waals surface area contributed by atoms with Gasteiger partial charge >= 0.3 is 0 Å². The lowest BCUT2D eigenvalue weighted by atomic mass is 9.76. The van der Waals surface area contributed by atoms with Gasteiger partial charge < -0.3 is 4.74 Å². The van der Waals surface area contributed by atoms with Gasteiger partial charge in [-0.2, -0.15) is 15.5 Å². The topological polar surface area (TPSA) is 69.2 Å². The van der Waals surface area contributed by atoms with Gasteiger partial charge in [0.1, 0.15) is 0 Å². The summed E-state index contributed by atoms with van der Waals surface area (Å²) in [6.45, 7) is 1.44. The molecule has 4 rings (SSSR count). The largest absolute Gasteiger partial charge is 0.381 e. The molecule has 0 amide bonds. The normalized spacial score (nSPS) is 19.4. The predicted octanol–water partition coefficient (Wildman–Crippen LogP) is 3.85. The fourth-order valence-corrected chi connectivity index (χ4v) is 4.04. The highest BCUT2D eigenvalue weighted by molar-refractivity contribution is 6.10. The molecule has 25 heavy (non-hydrogen) atoms. The Kier molecular flexibility index (Phi) is 3.84. The first-order valence-corrected chi connectivity index (χ1v) is 8.45. The molecular weight excluding hydrogens is 310 g/mol. The number of fused-ring (bicyclic) bond motifs is 1. The molecule has 1 aliphatic heterocycles. The molecule has 0 unspecified atom stereocenters. The summed E-state index contributed by atoms with van der Waals surface area (Å²) in [5.74, 6) is 0. The van der Waals surface area contributed by atoms with Crippen LogP contribution in [0.1, 0.15) is 29.5 Å². The van der Waals surface area contributed by atoms with Crippen molar-refractivity contribution in [3.05, 3.63) is 59.2 Å². The van der Waals surface area contributed by atoms with Crippen LogP contribution in [0.25, 0.3) is 11.1 Å². The Bertz CT molecular complexity index is 940. The van der Waals surface area contributed by atoms with Crippen molar-refractivity contribution in [2.75, 3.05) is 13.2 Å². The minimum Gasteiger partial charge on any atom is -0.381 e. The molecule has 1 spiro atoms. The van der Waals surface area contributed by atoms with E-state index in [0.29, 0.717) is 5.56 Å². The quantitative estimate of drug-likeness (QED) is 0.747. The molecule has 4 heteroatoms. The van der Waals surface area contributed by atoms with E-state index in [-0.39, 0.29) is 5.41 Å². The van der Waals surface area contributed by atoms with Crippen LogP contribution in [-0.2, 0) is 11.2 Å². The summed E-state index contributed by atoms with van der Waals surface area (Å²) < 4.78 is 5.53. The Balaban J connectivity index is 1.80. The highest BCUT2D eigenvalue weighted by atomic mass is 16.5. The van der Waals surface area contributed by atoms with Crippen molar-refractivity contribution < 1.29 is 4.74 Å². The molecular formula is C21H17N3O. The van der Waals surface area contributed by atoms with Crippen molar-refractivity contribution in [1.82, 2.24) is 0 Å². The van der Waals surface area contributed by atoms with Crippen LogP contribution in [0.2, 0.25) is 0 Å². The molecule has 0 N–H and O–H groups in total. The minimum atomic E-state index is -0.0660. The summed E-state index contributed by atoms with van der Waals surface area (Å²) in [6.07, 6.45) is 4.73. The Labute approximate surface area is 147 Å². The Morgan fingerprint density at radius 2 is 1.80 bits per heavy atom. The molecule has 2 aromatic carbocycles. The van der Waals surface area contributed by atoms with Gasteiger partial charge in [-0.15, -0.1) is 0 Å². The number of hydrogen-bond donors (Lipinski definition) is 0. The monoisotopic (exact) mass is 327 g/mol. The summed E-state index contributed by atoms with van der Waals surface area (Å²) in [5, 5.41) is 18.3. The van der Waals surface area contributed by atoms with E-state index < -0.39 is 0 Å². The first kappa shape index (κ1) is 15.6. The summed E-state index contributed by atoms with van der Waals surface area (Å²) in [5.41, 5.74) is 5.86. The maximum Gasteiger partial charge on any atom is 0.205 e.